The van der Waals surface area contributed by atoms with Crippen LogP contribution in [0.1, 0.15) is 11.1 Å². The highest BCUT2D eigenvalue weighted by atomic mass is 16.3. The van der Waals surface area contributed by atoms with Crippen LogP contribution in [0.25, 0.3) is 28.2 Å². The maximum absolute atomic E-state index is 9.14. The van der Waals surface area contributed by atoms with E-state index in [2.05, 4.69) is 56.3 Å². The van der Waals surface area contributed by atoms with Gasteiger partial charge in [0.2, 0.25) is 5.78 Å². The van der Waals surface area contributed by atoms with Gasteiger partial charge >= 0.3 is 0 Å². The van der Waals surface area contributed by atoms with Crippen molar-refractivity contribution in [3.05, 3.63) is 72.2 Å². The van der Waals surface area contributed by atoms with Gasteiger partial charge in [0.25, 0.3) is 0 Å². The largest absolute Gasteiger partial charge is 0.395 e. The van der Waals surface area contributed by atoms with Crippen molar-refractivity contribution in [1.82, 2.24) is 14.0 Å². The van der Waals surface area contributed by atoms with E-state index < -0.39 is 0 Å². The molecule has 2 aromatic carbocycles. The normalized spacial score (nSPS) is 11.3. The quantitative estimate of drug-likeness (QED) is 0.612. The average Bonchev–Trinajstić information content (AvgIpc) is 3.20. The van der Waals surface area contributed by atoms with Crippen molar-refractivity contribution in [2.75, 3.05) is 6.61 Å². The van der Waals surface area contributed by atoms with E-state index in [1.54, 1.807) is 0 Å². The van der Waals surface area contributed by atoms with Crippen molar-refractivity contribution < 1.29 is 5.11 Å². The summed E-state index contributed by atoms with van der Waals surface area (Å²) < 4.78 is 3.94. The molecule has 0 bridgehead atoms. The first-order valence-electron chi connectivity index (χ1n) is 8.48. The molecule has 25 heavy (non-hydrogen) atoms. The van der Waals surface area contributed by atoms with Gasteiger partial charge in [0.05, 0.1) is 12.3 Å². The van der Waals surface area contributed by atoms with Gasteiger partial charge in [0.1, 0.15) is 0 Å². The summed E-state index contributed by atoms with van der Waals surface area (Å²) in [5.41, 5.74) is 7.09. The smallest absolute Gasteiger partial charge is 0.214 e. The highest BCUT2D eigenvalue weighted by Gasteiger charge is 2.08. The minimum Gasteiger partial charge on any atom is -0.395 e. The summed E-state index contributed by atoms with van der Waals surface area (Å²) in [6, 6.07) is 15.1. The SMILES string of the molecule is Cc1ccc(-c2ccc(-c3cn4ccn(CCO)c4n3)cc2)cc1C. The second-order valence-electron chi connectivity index (χ2n) is 6.42. The summed E-state index contributed by atoms with van der Waals surface area (Å²) in [5, 5.41) is 9.14. The van der Waals surface area contributed by atoms with Crippen LogP contribution >= 0.6 is 0 Å². The summed E-state index contributed by atoms with van der Waals surface area (Å²) in [7, 11) is 0. The number of hydrogen-bond acceptors (Lipinski definition) is 2. The van der Waals surface area contributed by atoms with Crippen molar-refractivity contribution in [3.8, 4) is 22.4 Å². The molecule has 0 spiro atoms. The number of aliphatic hydroxyl groups is 1. The van der Waals surface area contributed by atoms with Gasteiger partial charge in [-0.2, -0.15) is 0 Å². The molecule has 0 fully saturated rings. The van der Waals surface area contributed by atoms with Gasteiger partial charge in [-0.15, -0.1) is 0 Å². The minimum absolute atomic E-state index is 0.108. The fourth-order valence-electron chi connectivity index (χ4n) is 3.10. The number of rotatable bonds is 4. The maximum Gasteiger partial charge on any atom is 0.214 e. The molecular formula is C21H21N3O. The summed E-state index contributed by atoms with van der Waals surface area (Å²) >= 11 is 0. The van der Waals surface area contributed by atoms with E-state index in [1.807, 2.05) is 27.6 Å². The standard InChI is InChI=1S/C21H21N3O/c1-15-3-4-19(13-16(15)2)17-5-7-18(8-6-17)20-14-24-10-9-23(11-12-25)21(24)22-20/h3-10,13-14,25H,11-12H2,1-2H3. The predicted molar refractivity (Wildman–Crippen MR) is 101 cm³/mol. The molecule has 0 radical (unpaired) electrons. The number of aliphatic hydroxyl groups excluding tert-OH is 1. The van der Waals surface area contributed by atoms with Crippen LogP contribution < -0.4 is 0 Å². The number of hydrogen-bond donors (Lipinski definition) is 1. The first-order valence-corrected chi connectivity index (χ1v) is 8.48. The van der Waals surface area contributed by atoms with Crippen LogP contribution in [-0.4, -0.2) is 25.7 Å². The molecule has 0 saturated heterocycles. The predicted octanol–water partition coefficient (Wildman–Crippen LogP) is 4.08. The molecule has 0 atom stereocenters. The summed E-state index contributed by atoms with van der Waals surface area (Å²) in [4.78, 5) is 4.70. The zero-order valence-electron chi connectivity index (χ0n) is 14.5. The Labute approximate surface area is 147 Å². The summed E-state index contributed by atoms with van der Waals surface area (Å²) in [6.45, 7) is 4.94. The van der Waals surface area contributed by atoms with Crippen LogP contribution in [0.15, 0.2) is 61.1 Å². The van der Waals surface area contributed by atoms with Crippen LogP contribution in [0.5, 0.6) is 0 Å². The van der Waals surface area contributed by atoms with Gasteiger partial charge in [0, 0.05) is 30.7 Å². The molecule has 126 valence electrons. The van der Waals surface area contributed by atoms with E-state index in [0.717, 1.165) is 17.0 Å². The van der Waals surface area contributed by atoms with Crippen LogP contribution in [-0.2, 0) is 6.54 Å². The van der Waals surface area contributed by atoms with E-state index in [0.29, 0.717) is 6.54 Å². The molecule has 4 heteroatoms. The van der Waals surface area contributed by atoms with E-state index in [4.69, 9.17) is 10.1 Å². The molecule has 1 N–H and O–H groups in total. The third kappa shape index (κ3) is 2.85. The van der Waals surface area contributed by atoms with Crippen LogP contribution in [0, 0.1) is 13.8 Å². The number of aromatic nitrogens is 3. The van der Waals surface area contributed by atoms with Crippen LogP contribution in [0.2, 0.25) is 0 Å². The minimum atomic E-state index is 0.108. The van der Waals surface area contributed by atoms with E-state index in [9.17, 15) is 0 Å². The third-order valence-electron chi connectivity index (χ3n) is 4.74. The monoisotopic (exact) mass is 331 g/mol. The highest BCUT2D eigenvalue weighted by Crippen LogP contribution is 2.26. The maximum atomic E-state index is 9.14. The Kier molecular flexibility index (Phi) is 3.90. The first-order chi connectivity index (χ1) is 12.2. The van der Waals surface area contributed by atoms with Gasteiger partial charge in [0.15, 0.2) is 0 Å². The molecular weight excluding hydrogens is 310 g/mol. The average molecular weight is 331 g/mol. The molecule has 4 nitrogen and oxygen atoms in total. The molecule has 0 amide bonds. The van der Waals surface area contributed by atoms with E-state index >= 15 is 0 Å². The Balaban J connectivity index is 1.66. The van der Waals surface area contributed by atoms with Crippen LogP contribution in [0.4, 0.5) is 0 Å². The van der Waals surface area contributed by atoms with Crippen molar-refractivity contribution >= 4 is 5.78 Å². The molecule has 4 aromatic rings. The molecule has 0 saturated carbocycles. The number of benzene rings is 2. The third-order valence-corrected chi connectivity index (χ3v) is 4.74. The lowest BCUT2D eigenvalue weighted by atomic mass is 9.99. The number of imidazole rings is 2. The Bertz CT molecular complexity index is 1030. The molecule has 2 aromatic heterocycles. The summed E-state index contributed by atoms with van der Waals surface area (Å²) in [6.07, 6.45) is 5.92. The van der Waals surface area contributed by atoms with Crippen LogP contribution in [0.3, 0.4) is 0 Å². The van der Waals surface area contributed by atoms with Gasteiger partial charge in [-0.05, 0) is 36.1 Å². The second-order valence-corrected chi connectivity index (χ2v) is 6.42. The lowest BCUT2D eigenvalue weighted by Gasteiger charge is -2.06. The fraction of sp³-hybridized carbons (Fsp3) is 0.190. The van der Waals surface area contributed by atoms with Crippen molar-refractivity contribution in [1.29, 1.82) is 0 Å². The first kappa shape index (κ1) is 15.7. The van der Waals surface area contributed by atoms with Gasteiger partial charge < -0.3 is 9.67 Å². The highest BCUT2D eigenvalue weighted by molar-refractivity contribution is 5.70. The van der Waals surface area contributed by atoms with Gasteiger partial charge in [-0.25, -0.2) is 4.98 Å². The Morgan fingerprint density at radius 3 is 2.32 bits per heavy atom. The molecule has 0 aliphatic rings. The van der Waals surface area contributed by atoms with Crippen molar-refractivity contribution in [2.24, 2.45) is 0 Å². The Morgan fingerprint density at radius 1 is 0.880 bits per heavy atom. The molecule has 0 aliphatic carbocycles. The van der Waals surface area contributed by atoms with E-state index in [-0.39, 0.29) is 6.61 Å². The number of fused-ring (bicyclic) bond motifs is 1. The topological polar surface area (TPSA) is 42.5 Å². The Morgan fingerprint density at radius 2 is 1.60 bits per heavy atom. The summed E-state index contributed by atoms with van der Waals surface area (Å²) in [5.74, 6) is 0.849. The van der Waals surface area contributed by atoms with Crippen molar-refractivity contribution in [3.63, 3.8) is 0 Å². The molecule has 0 aliphatic heterocycles. The van der Waals surface area contributed by atoms with Gasteiger partial charge in [-0.1, -0.05) is 42.5 Å². The lowest BCUT2D eigenvalue weighted by Crippen LogP contribution is -2.00. The van der Waals surface area contributed by atoms with E-state index in [1.165, 1.54) is 22.3 Å². The number of aryl methyl sites for hydroxylation is 2. The second kappa shape index (κ2) is 6.22. The number of nitrogens with zero attached hydrogens (tertiary/aromatic N) is 3. The van der Waals surface area contributed by atoms with Crippen molar-refractivity contribution in [2.45, 2.75) is 20.4 Å². The van der Waals surface area contributed by atoms with Gasteiger partial charge in [-0.3, -0.25) is 4.40 Å². The zero-order chi connectivity index (χ0) is 17.4. The zero-order valence-corrected chi connectivity index (χ0v) is 14.5. The molecule has 4 rings (SSSR count). The fourth-order valence-corrected chi connectivity index (χ4v) is 3.10. The molecule has 2 heterocycles. The Hall–Kier alpha value is -2.85. The molecule has 0 unspecified atom stereocenters. The lowest BCUT2D eigenvalue weighted by molar-refractivity contribution is 0.277.